The molecule has 0 spiro atoms. The van der Waals surface area contributed by atoms with E-state index in [2.05, 4.69) is 11.4 Å². The van der Waals surface area contributed by atoms with Crippen molar-refractivity contribution in [3.8, 4) is 11.5 Å². The molecule has 1 aromatic carbocycles. The van der Waals surface area contributed by atoms with Gasteiger partial charge in [-0.2, -0.15) is 0 Å². The lowest BCUT2D eigenvalue weighted by atomic mass is 10.0. The summed E-state index contributed by atoms with van der Waals surface area (Å²) < 4.78 is 11.1. The zero-order valence-electron chi connectivity index (χ0n) is 10.4. The molecule has 1 aliphatic carbocycles. The van der Waals surface area contributed by atoms with Gasteiger partial charge in [0.05, 0.1) is 0 Å². The van der Waals surface area contributed by atoms with E-state index in [1.54, 1.807) is 0 Å². The quantitative estimate of drug-likeness (QED) is 0.833. The van der Waals surface area contributed by atoms with E-state index in [-0.39, 0.29) is 12.6 Å². The number of aliphatic hydroxyl groups is 1. The average molecular weight is 249 g/mol. The molecule has 0 amide bonds. The number of benzene rings is 1. The first-order valence-corrected chi connectivity index (χ1v) is 6.63. The Labute approximate surface area is 107 Å². The Balaban J connectivity index is 1.79. The van der Waals surface area contributed by atoms with Crippen molar-refractivity contribution in [3.63, 3.8) is 0 Å². The predicted molar refractivity (Wildman–Crippen MR) is 68.0 cm³/mol. The molecule has 4 nitrogen and oxygen atoms in total. The molecule has 98 valence electrons. The smallest absolute Gasteiger partial charge is 0.161 e. The molecule has 1 atom stereocenters. The van der Waals surface area contributed by atoms with Gasteiger partial charge in [0.25, 0.3) is 0 Å². The van der Waals surface area contributed by atoms with Crippen molar-refractivity contribution in [1.82, 2.24) is 5.32 Å². The van der Waals surface area contributed by atoms with Crippen LogP contribution >= 0.6 is 0 Å². The minimum absolute atomic E-state index is 0.193. The first-order chi connectivity index (χ1) is 8.86. The van der Waals surface area contributed by atoms with Crippen LogP contribution in [-0.2, 0) is 0 Å². The molecule has 1 heterocycles. The van der Waals surface area contributed by atoms with Crippen molar-refractivity contribution >= 4 is 0 Å². The highest BCUT2D eigenvalue weighted by atomic mass is 16.6. The third-order valence-corrected chi connectivity index (χ3v) is 3.40. The van der Waals surface area contributed by atoms with Gasteiger partial charge in [0.2, 0.25) is 0 Å². The Kier molecular flexibility index (Phi) is 3.39. The van der Waals surface area contributed by atoms with Crippen molar-refractivity contribution < 1.29 is 14.6 Å². The van der Waals surface area contributed by atoms with Crippen LogP contribution in [0.5, 0.6) is 11.5 Å². The standard InChI is InChI=1S/C14H19NO3/c16-6-5-12(15-11-2-3-11)10-1-4-13-14(9-10)18-8-7-17-13/h1,4,9,11-12,15-16H,2-3,5-8H2. The fourth-order valence-electron chi connectivity index (χ4n) is 2.29. The Bertz CT molecular complexity index is 418. The van der Waals surface area contributed by atoms with Crippen molar-refractivity contribution in [1.29, 1.82) is 0 Å². The van der Waals surface area contributed by atoms with Crippen molar-refractivity contribution in [2.45, 2.75) is 31.3 Å². The molecule has 1 saturated carbocycles. The summed E-state index contributed by atoms with van der Waals surface area (Å²) in [6.07, 6.45) is 3.22. The Hall–Kier alpha value is -1.26. The fraction of sp³-hybridized carbons (Fsp3) is 0.571. The van der Waals surface area contributed by atoms with E-state index in [9.17, 15) is 5.11 Å². The summed E-state index contributed by atoms with van der Waals surface area (Å²) in [5.74, 6) is 1.64. The maximum absolute atomic E-state index is 9.17. The van der Waals surface area contributed by atoms with Crippen LogP contribution in [0.2, 0.25) is 0 Å². The molecule has 1 unspecified atom stereocenters. The number of ether oxygens (including phenoxy) is 2. The molecular weight excluding hydrogens is 230 g/mol. The van der Waals surface area contributed by atoms with E-state index in [1.807, 2.05) is 12.1 Å². The highest BCUT2D eigenvalue weighted by Gasteiger charge is 2.25. The van der Waals surface area contributed by atoms with Crippen LogP contribution in [0.15, 0.2) is 18.2 Å². The monoisotopic (exact) mass is 249 g/mol. The van der Waals surface area contributed by atoms with Crippen LogP contribution in [0, 0.1) is 0 Å². The normalized spacial score (nSPS) is 19.6. The second-order valence-electron chi connectivity index (χ2n) is 4.91. The molecule has 2 N–H and O–H groups in total. The van der Waals surface area contributed by atoms with Crippen molar-refractivity contribution in [3.05, 3.63) is 23.8 Å². The maximum atomic E-state index is 9.17. The van der Waals surface area contributed by atoms with Gasteiger partial charge >= 0.3 is 0 Å². The van der Waals surface area contributed by atoms with Gasteiger partial charge < -0.3 is 19.9 Å². The minimum Gasteiger partial charge on any atom is -0.486 e. The summed E-state index contributed by atoms with van der Waals surface area (Å²) in [4.78, 5) is 0. The van der Waals surface area contributed by atoms with E-state index < -0.39 is 0 Å². The summed E-state index contributed by atoms with van der Waals surface area (Å²) in [6.45, 7) is 1.42. The number of fused-ring (bicyclic) bond motifs is 1. The van der Waals surface area contributed by atoms with E-state index in [0.717, 1.165) is 17.9 Å². The summed E-state index contributed by atoms with van der Waals surface area (Å²) in [5, 5.41) is 12.7. The molecule has 0 saturated heterocycles. The van der Waals surface area contributed by atoms with E-state index in [4.69, 9.17) is 9.47 Å². The minimum atomic E-state index is 0.193. The van der Waals surface area contributed by atoms with Gasteiger partial charge in [-0.1, -0.05) is 6.07 Å². The van der Waals surface area contributed by atoms with E-state index in [0.29, 0.717) is 19.3 Å². The van der Waals surface area contributed by atoms with Gasteiger partial charge in [-0.25, -0.2) is 0 Å². The molecule has 18 heavy (non-hydrogen) atoms. The SMILES string of the molecule is OCCC(NC1CC1)c1ccc2c(c1)OCCO2. The van der Waals surface area contributed by atoms with Gasteiger partial charge in [0.15, 0.2) is 11.5 Å². The molecule has 0 radical (unpaired) electrons. The lowest BCUT2D eigenvalue weighted by molar-refractivity contribution is 0.171. The van der Waals surface area contributed by atoms with Gasteiger partial charge in [0, 0.05) is 18.7 Å². The van der Waals surface area contributed by atoms with Crippen molar-refractivity contribution in [2.75, 3.05) is 19.8 Å². The number of aliphatic hydroxyl groups excluding tert-OH is 1. The topological polar surface area (TPSA) is 50.7 Å². The third kappa shape index (κ3) is 2.60. The van der Waals surface area contributed by atoms with Gasteiger partial charge in [-0.05, 0) is 37.0 Å². The first kappa shape index (κ1) is 11.8. The number of hydrogen-bond donors (Lipinski definition) is 2. The van der Waals surface area contributed by atoms with Crippen LogP contribution in [0.25, 0.3) is 0 Å². The molecule has 1 aliphatic heterocycles. The number of hydrogen-bond acceptors (Lipinski definition) is 4. The summed E-state index contributed by atoms with van der Waals surface area (Å²) in [5.41, 5.74) is 1.17. The second kappa shape index (κ2) is 5.16. The van der Waals surface area contributed by atoms with E-state index >= 15 is 0 Å². The number of nitrogens with one attached hydrogen (secondary N) is 1. The average Bonchev–Trinajstić information content (AvgIpc) is 3.22. The lowest BCUT2D eigenvalue weighted by Gasteiger charge is -2.22. The highest BCUT2D eigenvalue weighted by Crippen LogP contribution is 2.34. The van der Waals surface area contributed by atoms with Crippen LogP contribution in [-0.4, -0.2) is 31.0 Å². The molecule has 4 heteroatoms. The van der Waals surface area contributed by atoms with Gasteiger partial charge in [-0.15, -0.1) is 0 Å². The van der Waals surface area contributed by atoms with Crippen LogP contribution < -0.4 is 14.8 Å². The Morgan fingerprint density at radius 1 is 1.22 bits per heavy atom. The summed E-state index contributed by atoms with van der Waals surface area (Å²) in [7, 11) is 0. The molecule has 0 aromatic heterocycles. The van der Waals surface area contributed by atoms with Crippen LogP contribution in [0.4, 0.5) is 0 Å². The Morgan fingerprint density at radius 2 is 2.00 bits per heavy atom. The fourth-order valence-corrected chi connectivity index (χ4v) is 2.29. The number of rotatable bonds is 5. The summed E-state index contributed by atoms with van der Waals surface area (Å²) in [6, 6.07) is 6.88. The molecule has 2 aliphatic rings. The predicted octanol–water partition coefficient (Wildman–Crippen LogP) is 1.63. The maximum Gasteiger partial charge on any atom is 0.161 e. The van der Waals surface area contributed by atoms with Gasteiger partial charge in [0.1, 0.15) is 13.2 Å². The van der Waals surface area contributed by atoms with Gasteiger partial charge in [-0.3, -0.25) is 0 Å². The molecule has 3 rings (SSSR count). The molecule has 0 bridgehead atoms. The summed E-state index contributed by atoms with van der Waals surface area (Å²) >= 11 is 0. The zero-order chi connectivity index (χ0) is 12.4. The Morgan fingerprint density at radius 3 is 2.72 bits per heavy atom. The van der Waals surface area contributed by atoms with Crippen LogP contribution in [0.3, 0.4) is 0 Å². The zero-order valence-corrected chi connectivity index (χ0v) is 10.4. The first-order valence-electron chi connectivity index (χ1n) is 6.63. The largest absolute Gasteiger partial charge is 0.486 e. The molecule has 1 fully saturated rings. The molecular formula is C14H19NO3. The van der Waals surface area contributed by atoms with Crippen LogP contribution in [0.1, 0.15) is 30.9 Å². The highest BCUT2D eigenvalue weighted by molar-refractivity contribution is 5.44. The third-order valence-electron chi connectivity index (χ3n) is 3.40. The second-order valence-corrected chi connectivity index (χ2v) is 4.91. The molecule has 1 aromatic rings. The lowest BCUT2D eigenvalue weighted by Crippen LogP contribution is -2.24. The van der Waals surface area contributed by atoms with Crippen molar-refractivity contribution in [2.24, 2.45) is 0 Å². The van der Waals surface area contributed by atoms with E-state index in [1.165, 1.54) is 18.4 Å².